The van der Waals surface area contributed by atoms with E-state index in [2.05, 4.69) is 0 Å². The van der Waals surface area contributed by atoms with Crippen LogP contribution in [-0.2, 0) is 17.3 Å². The largest absolute Gasteiger partial charge is 0.207 e. The number of hydrogen-bond donors (Lipinski definition) is 0. The third-order valence-corrected chi connectivity index (χ3v) is 6.24. The van der Waals surface area contributed by atoms with E-state index < -0.39 is 10.9 Å². The Labute approximate surface area is 130 Å². The molecule has 0 aromatic heterocycles. The van der Waals surface area contributed by atoms with Crippen molar-refractivity contribution < 1.29 is 8.78 Å². The molecule has 4 rings (SSSR count). The van der Waals surface area contributed by atoms with Gasteiger partial charge in [0, 0.05) is 29.7 Å². The summed E-state index contributed by atoms with van der Waals surface area (Å²) in [5.41, 5.74) is 2.24. The average molecular weight is 311 g/mol. The number of hydrogen-bond acceptors (Lipinski definition) is 0. The molecule has 0 nitrogen and oxygen atoms in total. The van der Waals surface area contributed by atoms with E-state index in [-0.39, 0.29) is 11.6 Å². The summed E-state index contributed by atoms with van der Waals surface area (Å²) in [5.74, 6) is -0.487. The second kappa shape index (κ2) is 5.25. The highest BCUT2D eigenvalue weighted by Crippen LogP contribution is 2.40. The molecule has 1 heterocycles. The van der Waals surface area contributed by atoms with E-state index in [1.54, 1.807) is 12.1 Å². The molecule has 108 valence electrons. The molecule has 0 amide bonds. The lowest BCUT2D eigenvalue weighted by atomic mass is 10.0. The van der Waals surface area contributed by atoms with Crippen LogP contribution in [0, 0.1) is 11.6 Å². The Hall–Kier alpha value is -2.13. The maximum atomic E-state index is 13.8. The normalized spacial score (nSPS) is 13.5. The van der Waals surface area contributed by atoms with Crippen LogP contribution in [0.1, 0.15) is 11.1 Å². The van der Waals surface area contributed by atoms with Crippen molar-refractivity contribution in [2.24, 2.45) is 0 Å². The molecule has 0 atom stereocenters. The number of fused-ring (bicyclic) bond motifs is 2. The van der Waals surface area contributed by atoms with Gasteiger partial charge in [-0.05, 0) is 24.3 Å². The third kappa shape index (κ3) is 2.22. The molecule has 3 heteroatoms. The first-order chi connectivity index (χ1) is 10.7. The zero-order valence-corrected chi connectivity index (χ0v) is 12.5. The molecule has 0 N–H and O–H groups in total. The van der Waals surface area contributed by atoms with Gasteiger partial charge >= 0.3 is 0 Å². The molecular weight excluding hydrogens is 298 g/mol. The van der Waals surface area contributed by atoms with Crippen molar-refractivity contribution >= 4 is 10.9 Å². The summed E-state index contributed by atoms with van der Waals surface area (Å²) in [6.45, 7) is 0. The summed E-state index contributed by atoms with van der Waals surface area (Å²) < 4.78 is 27.5. The standard InChI is InChI=1S/C19H13F2S/c20-15-8-6-13-10-14-7-9-16(21)12-19(14)22(18(13)11-15)17-4-2-1-3-5-17/h1-9,11-12H,10H2/q+1. The van der Waals surface area contributed by atoms with Crippen molar-refractivity contribution in [1.82, 2.24) is 0 Å². The van der Waals surface area contributed by atoms with E-state index in [4.69, 9.17) is 0 Å². The van der Waals surface area contributed by atoms with Crippen LogP contribution in [-0.4, -0.2) is 0 Å². The Morgan fingerprint density at radius 1 is 0.682 bits per heavy atom. The fourth-order valence-electron chi connectivity index (χ4n) is 2.86. The van der Waals surface area contributed by atoms with E-state index in [1.807, 2.05) is 42.5 Å². The molecule has 0 saturated heterocycles. The van der Waals surface area contributed by atoms with Gasteiger partial charge in [0.1, 0.15) is 22.5 Å². The SMILES string of the molecule is Fc1ccc2c(c1)[S+](c1ccccc1)c1cc(F)ccc1C2. The maximum Gasteiger partial charge on any atom is 0.173 e. The molecule has 3 aromatic rings. The summed E-state index contributed by atoms with van der Waals surface area (Å²) in [4.78, 5) is 3.01. The van der Waals surface area contributed by atoms with Gasteiger partial charge in [-0.15, -0.1) is 0 Å². The second-order valence-corrected chi connectivity index (χ2v) is 7.26. The van der Waals surface area contributed by atoms with E-state index in [1.165, 1.54) is 12.1 Å². The Bertz CT molecular complexity index is 792. The van der Waals surface area contributed by atoms with Gasteiger partial charge in [-0.1, -0.05) is 30.3 Å². The number of halogens is 2. The van der Waals surface area contributed by atoms with Gasteiger partial charge in [0.15, 0.2) is 14.7 Å². The third-order valence-electron chi connectivity index (χ3n) is 3.86. The Kier molecular flexibility index (Phi) is 3.23. The van der Waals surface area contributed by atoms with Crippen molar-refractivity contribution in [3.63, 3.8) is 0 Å². The minimum atomic E-state index is -0.458. The first-order valence-corrected chi connectivity index (χ1v) is 8.31. The highest BCUT2D eigenvalue weighted by Gasteiger charge is 2.37. The quantitative estimate of drug-likeness (QED) is 0.436. The topological polar surface area (TPSA) is 0 Å². The van der Waals surface area contributed by atoms with E-state index >= 15 is 0 Å². The summed E-state index contributed by atoms with van der Waals surface area (Å²) in [6, 6.07) is 19.8. The minimum absolute atomic E-state index is 0.243. The van der Waals surface area contributed by atoms with Crippen LogP contribution in [0.15, 0.2) is 81.4 Å². The zero-order valence-electron chi connectivity index (χ0n) is 11.7. The zero-order chi connectivity index (χ0) is 15.1. The molecule has 1 aliphatic rings. The fourth-order valence-corrected chi connectivity index (χ4v) is 5.30. The predicted molar refractivity (Wildman–Crippen MR) is 84.2 cm³/mol. The lowest BCUT2D eigenvalue weighted by Crippen LogP contribution is -2.16. The Balaban J connectivity index is 1.99. The monoisotopic (exact) mass is 311 g/mol. The van der Waals surface area contributed by atoms with Crippen LogP contribution in [0.4, 0.5) is 8.78 Å². The van der Waals surface area contributed by atoms with Crippen LogP contribution in [0.25, 0.3) is 0 Å². The van der Waals surface area contributed by atoms with Crippen molar-refractivity contribution in [1.29, 1.82) is 0 Å². The van der Waals surface area contributed by atoms with Crippen LogP contribution in [0.3, 0.4) is 0 Å². The van der Waals surface area contributed by atoms with Gasteiger partial charge in [-0.25, -0.2) is 8.78 Å². The van der Waals surface area contributed by atoms with Crippen LogP contribution < -0.4 is 0 Å². The molecule has 0 bridgehead atoms. The first kappa shape index (κ1) is 13.5. The highest BCUT2D eigenvalue weighted by atomic mass is 32.2. The summed E-state index contributed by atoms with van der Waals surface area (Å²) in [6.07, 6.45) is 0.724. The van der Waals surface area contributed by atoms with Gasteiger partial charge in [0.25, 0.3) is 0 Å². The summed E-state index contributed by atoms with van der Waals surface area (Å²) >= 11 is 0. The van der Waals surface area contributed by atoms with Crippen molar-refractivity contribution in [2.45, 2.75) is 21.1 Å². The van der Waals surface area contributed by atoms with Gasteiger partial charge in [-0.2, -0.15) is 0 Å². The number of rotatable bonds is 1. The van der Waals surface area contributed by atoms with Gasteiger partial charge in [-0.3, -0.25) is 0 Å². The van der Waals surface area contributed by atoms with E-state index in [9.17, 15) is 8.78 Å². The molecule has 0 fully saturated rings. The molecule has 3 aromatic carbocycles. The lowest BCUT2D eigenvalue weighted by molar-refractivity contribution is 0.620. The van der Waals surface area contributed by atoms with E-state index in [0.29, 0.717) is 0 Å². The summed E-state index contributed by atoms with van der Waals surface area (Å²) in [7, 11) is -0.458. The van der Waals surface area contributed by atoms with Gasteiger partial charge < -0.3 is 0 Å². The second-order valence-electron chi connectivity index (χ2n) is 5.30. The molecule has 22 heavy (non-hydrogen) atoms. The van der Waals surface area contributed by atoms with Crippen LogP contribution in [0.2, 0.25) is 0 Å². The van der Waals surface area contributed by atoms with Crippen molar-refractivity contribution in [3.8, 4) is 0 Å². The van der Waals surface area contributed by atoms with E-state index in [0.717, 1.165) is 32.2 Å². The Morgan fingerprint density at radius 3 is 1.77 bits per heavy atom. The highest BCUT2D eigenvalue weighted by molar-refractivity contribution is 7.97. The molecule has 0 radical (unpaired) electrons. The van der Waals surface area contributed by atoms with Crippen LogP contribution in [0.5, 0.6) is 0 Å². The molecule has 0 aliphatic carbocycles. The van der Waals surface area contributed by atoms with Crippen molar-refractivity contribution in [2.75, 3.05) is 0 Å². The lowest BCUT2D eigenvalue weighted by Gasteiger charge is -2.19. The first-order valence-electron chi connectivity index (χ1n) is 7.08. The van der Waals surface area contributed by atoms with Crippen LogP contribution >= 0.6 is 0 Å². The molecule has 0 saturated carbocycles. The smallest absolute Gasteiger partial charge is 0.173 e. The summed E-state index contributed by atoms with van der Waals surface area (Å²) in [5, 5.41) is 0. The molecule has 0 unspecified atom stereocenters. The average Bonchev–Trinajstić information content (AvgIpc) is 2.54. The predicted octanol–water partition coefficient (Wildman–Crippen LogP) is 4.96. The fraction of sp³-hybridized carbons (Fsp3) is 0.0526. The van der Waals surface area contributed by atoms with Gasteiger partial charge in [0.2, 0.25) is 0 Å². The van der Waals surface area contributed by atoms with Crippen molar-refractivity contribution in [3.05, 3.63) is 89.5 Å². The maximum absolute atomic E-state index is 13.8. The minimum Gasteiger partial charge on any atom is -0.207 e. The molecular formula is C19H13F2S+. The molecule has 0 spiro atoms. The molecule has 1 aliphatic heterocycles. The Morgan fingerprint density at radius 2 is 1.23 bits per heavy atom. The number of benzene rings is 3. The van der Waals surface area contributed by atoms with Gasteiger partial charge in [0.05, 0.1) is 0 Å².